The van der Waals surface area contributed by atoms with Gasteiger partial charge in [0.05, 0.1) is 0 Å². The van der Waals surface area contributed by atoms with Crippen LogP contribution >= 0.6 is 0 Å². The van der Waals surface area contributed by atoms with Gasteiger partial charge in [0.1, 0.15) is 0 Å². The lowest BCUT2D eigenvalue weighted by Crippen LogP contribution is -2.61. The molecule has 0 aromatic carbocycles. The van der Waals surface area contributed by atoms with Gasteiger partial charge in [-0.05, 0) is 51.4 Å². The number of hydrogen-bond donors (Lipinski definition) is 1. The fourth-order valence-corrected chi connectivity index (χ4v) is 12.7. The van der Waals surface area contributed by atoms with E-state index < -0.39 is 25.6 Å². The van der Waals surface area contributed by atoms with E-state index in [1.165, 1.54) is 0 Å². The molecule has 0 amide bonds. The third kappa shape index (κ3) is 5.41. The summed E-state index contributed by atoms with van der Waals surface area (Å²) in [5.74, 6) is 0. The molecule has 0 aromatic heterocycles. The molecule has 0 bridgehead atoms. The van der Waals surface area contributed by atoms with Crippen LogP contribution in [0.15, 0.2) is 0 Å². The maximum Gasteiger partial charge on any atom is 0.326 e. The van der Waals surface area contributed by atoms with Crippen LogP contribution < -0.4 is 0 Å². The standard InChI is InChI=1S/C12H33NO3Si3/c1-11(2)18(9,14)16-19(10,12(3)4)15-17(7,8)13(5)6/h11-12,14H,1-10H3. The molecular weight excluding hydrogens is 290 g/mol. The van der Waals surface area contributed by atoms with Crippen molar-refractivity contribution in [2.75, 3.05) is 14.1 Å². The van der Waals surface area contributed by atoms with Crippen molar-refractivity contribution in [3.63, 3.8) is 0 Å². The lowest BCUT2D eigenvalue weighted by atomic mass is 10.6. The van der Waals surface area contributed by atoms with Crippen molar-refractivity contribution in [1.29, 1.82) is 0 Å². The minimum absolute atomic E-state index is 0.172. The summed E-state index contributed by atoms with van der Waals surface area (Å²) >= 11 is 0. The molecule has 2 unspecified atom stereocenters. The zero-order valence-electron chi connectivity index (χ0n) is 14.4. The van der Waals surface area contributed by atoms with Gasteiger partial charge in [0, 0.05) is 0 Å². The predicted octanol–water partition coefficient (Wildman–Crippen LogP) is 3.24. The molecule has 1 N–H and O–H groups in total. The third-order valence-corrected chi connectivity index (χ3v) is 17.3. The fraction of sp³-hybridized carbons (Fsp3) is 1.00. The molecule has 0 spiro atoms. The van der Waals surface area contributed by atoms with Crippen LogP contribution in [-0.2, 0) is 8.23 Å². The van der Waals surface area contributed by atoms with Crippen molar-refractivity contribution in [2.45, 2.75) is 65.0 Å². The number of nitrogens with zero attached hydrogens (tertiary/aromatic N) is 1. The molecule has 116 valence electrons. The average molecular weight is 324 g/mol. The Kier molecular flexibility index (Phi) is 6.67. The van der Waals surface area contributed by atoms with Crippen LogP contribution in [-0.4, -0.2) is 49.1 Å². The van der Waals surface area contributed by atoms with Gasteiger partial charge in [-0.1, -0.05) is 27.7 Å². The second kappa shape index (κ2) is 6.50. The van der Waals surface area contributed by atoms with Gasteiger partial charge in [0.2, 0.25) is 0 Å². The van der Waals surface area contributed by atoms with E-state index in [0.717, 1.165) is 0 Å². The van der Waals surface area contributed by atoms with Gasteiger partial charge in [-0.25, -0.2) is 0 Å². The van der Waals surface area contributed by atoms with Crippen molar-refractivity contribution in [2.24, 2.45) is 0 Å². The molecule has 19 heavy (non-hydrogen) atoms. The van der Waals surface area contributed by atoms with E-state index in [2.05, 4.69) is 52.1 Å². The molecule has 0 aliphatic heterocycles. The second-order valence-electron chi connectivity index (χ2n) is 6.93. The first-order chi connectivity index (χ1) is 8.24. The Morgan fingerprint density at radius 2 is 1.26 bits per heavy atom. The van der Waals surface area contributed by atoms with Crippen molar-refractivity contribution in [3.05, 3.63) is 0 Å². The average Bonchev–Trinajstić information content (AvgIpc) is 2.14. The summed E-state index contributed by atoms with van der Waals surface area (Å²) in [4.78, 5) is 10.6. The van der Waals surface area contributed by atoms with Gasteiger partial charge < -0.3 is 17.6 Å². The predicted molar refractivity (Wildman–Crippen MR) is 89.0 cm³/mol. The summed E-state index contributed by atoms with van der Waals surface area (Å²) in [6.45, 7) is 16.6. The smallest absolute Gasteiger partial charge is 0.326 e. The quantitative estimate of drug-likeness (QED) is 0.730. The summed E-state index contributed by atoms with van der Waals surface area (Å²) < 4.78 is 14.9. The summed E-state index contributed by atoms with van der Waals surface area (Å²) in [7, 11) is -2.89. The van der Waals surface area contributed by atoms with E-state index in [1.54, 1.807) is 0 Å². The highest BCUT2D eigenvalue weighted by Gasteiger charge is 2.48. The lowest BCUT2D eigenvalue weighted by molar-refractivity contribution is 0.282. The Morgan fingerprint density at radius 3 is 1.53 bits per heavy atom. The van der Waals surface area contributed by atoms with Crippen molar-refractivity contribution >= 4 is 25.6 Å². The molecule has 4 nitrogen and oxygen atoms in total. The van der Waals surface area contributed by atoms with Crippen LogP contribution in [0.25, 0.3) is 0 Å². The number of rotatable bonds is 7. The largest absolute Gasteiger partial charge is 0.424 e. The lowest BCUT2D eigenvalue weighted by Gasteiger charge is -2.44. The van der Waals surface area contributed by atoms with Crippen LogP contribution in [0, 0.1) is 0 Å². The van der Waals surface area contributed by atoms with Crippen molar-refractivity contribution in [1.82, 2.24) is 4.57 Å². The SMILES string of the molecule is CC(C)[Si](C)(O)O[Si](C)(O[Si](C)(C)N(C)C)C(C)C. The molecule has 0 aliphatic rings. The van der Waals surface area contributed by atoms with Gasteiger partial charge in [-0.15, -0.1) is 0 Å². The van der Waals surface area contributed by atoms with Crippen LogP contribution in [0.1, 0.15) is 27.7 Å². The van der Waals surface area contributed by atoms with Crippen molar-refractivity contribution < 1.29 is 13.0 Å². The van der Waals surface area contributed by atoms with E-state index in [-0.39, 0.29) is 5.54 Å². The first-order valence-corrected chi connectivity index (χ1v) is 14.7. The topological polar surface area (TPSA) is 41.9 Å². The summed E-state index contributed by atoms with van der Waals surface area (Å²) in [6.07, 6.45) is 0. The molecule has 0 saturated carbocycles. The van der Waals surface area contributed by atoms with Crippen LogP contribution in [0.5, 0.6) is 0 Å². The molecule has 0 heterocycles. The molecule has 0 rings (SSSR count). The maximum atomic E-state index is 10.6. The minimum Gasteiger partial charge on any atom is -0.424 e. The molecule has 2 atom stereocenters. The van der Waals surface area contributed by atoms with Crippen LogP contribution in [0.4, 0.5) is 0 Å². The molecule has 0 radical (unpaired) electrons. The monoisotopic (exact) mass is 323 g/mol. The Balaban J connectivity index is 5.19. The molecular formula is C12H33NO3Si3. The fourth-order valence-electron chi connectivity index (χ4n) is 1.37. The second-order valence-corrected chi connectivity index (χ2v) is 18.8. The zero-order chi connectivity index (χ0) is 15.6. The van der Waals surface area contributed by atoms with Crippen LogP contribution in [0.3, 0.4) is 0 Å². The minimum atomic E-state index is -2.67. The van der Waals surface area contributed by atoms with Gasteiger partial charge in [-0.3, -0.25) is 0 Å². The first-order valence-electron chi connectivity index (χ1n) is 7.04. The Hall–Kier alpha value is 0.491. The molecule has 0 fully saturated rings. The maximum absolute atomic E-state index is 10.6. The Bertz CT molecular complexity index is 272. The molecule has 0 aromatic rings. The Morgan fingerprint density at radius 1 is 0.842 bits per heavy atom. The van der Waals surface area contributed by atoms with Crippen molar-refractivity contribution in [3.8, 4) is 0 Å². The zero-order valence-corrected chi connectivity index (χ0v) is 17.4. The molecule has 7 heteroatoms. The highest BCUT2D eigenvalue weighted by atomic mass is 28.5. The van der Waals surface area contributed by atoms with E-state index in [9.17, 15) is 4.80 Å². The highest BCUT2D eigenvalue weighted by Crippen LogP contribution is 2.33. The van der Waals surface area contributed by atoms with E-state index in [4.69, 9.17) is 8.23 Å². The third-order valence-electron chi connectivity index (χ3n) is 4.06. The normalized spacial score (nSPS) is 19.9. The first kappa shape index (κ1) is 19.5. The Labute approximate surface area is 122 Å². The van der Waals surface area contributed by atoms with Crippen LogP contribution in [0.2, 0.25) is 37.3 Å². The summed E-state index contributed by atoms with van der Waals surface area (Å²) in [6, 6.07) is 0. The molecule has 0 aliphatic carbocycles. The van der Waals surface area contributed by atoms with Gasteiger partial charge in [0.15, 0.2) is 0 Å². The van der Waals surface area contributed by atoms with E-state index in [1.807, 2.05) is 20.4 Å². The van der Waals surface area contributed by atoms with E-state index in [0.29, 0.717) is 5.54 Å². The summed E-state index contributed by atoms with van der Waals surface area (Å²) in [5, 5.41) is 0. The van der Waals surface area contributed by atoms with Gasteiger partial charge in [0.25, 0.3) is 8.48 Å². The van der Waals surface area contributed by atoms with E-state index >= 15 is 0 Å². The highest BCUT2D eigenvalue weighted by molar-refractivity contribution is 6.86. The summed E-state index contributed by atoms with van der Waals surface area (Å²) in [5.41, 5.74) is 0.489. The molecule has 0 saturated heterocycles. The number of hydrogen-bond acceptors (Lipinski definition) is 4. The van der Waals surface area contributed by atoms with Gasteiger partial charge >= 0.3 is 17.1 Å². The van der Waals surface area contributed by atoms with Gasteiger partial charge in [-0.2, -0.15) is 0 Å².